The van der Waals surface area contributed by atoms with Crippen molar-refractivity contribution in [2.45, 2.75) is 44.9 Å². The molecule has 1 aliphatic carbocycles. The van der Waals surface area contributed by atoms with Crippen LogP contribution in [0.1, 0.15) is 54.7 Å². The number of rotatable bonds is 2. The molecule has 0 heterocycles. The second kappa shape index (κ2) is 6.30. The van der Waals surface area contributed by atoms with Gasteiger partial charge in [-0.15, -0.1) is 0 Å². The maximum absolute atomic E-state index is 2.36. The first kappa shape index (κ1) is 14.1. The van der Waals surface area contributed by atoms with Gasteiger partial charge in [0.2, 0.25) is 0 Å². The highest BCUT2D eigenvalue weighted by Gasteiger charge is 2.28. The predicted molar refractivity (Wildman–Crippen MR) is 90.7 cm³/mol. The highest BCUT2D eigenvalue weighted by Crippen LogP contribution is 2.45. The minimum Gasteiger partial charge on any atom is -0.0872 e. The molecule has 0 spiro atoms. The van der Waals surface area contributed by atoms with Crippen molar-refractivity contribution < 1.29 is 0 Å². The summed E-state index contributed by atoms with van der Waals surface area (Å²) in [6.07, 6.45) is 6.24. The van der Waals surface area contributed by atoms with Gasteiger partial charge in [-0.25, -0.2) is 0 Å². The maximum Gasteiger partial charge on any atom is 0.00541 e. The van der Waals surface area contributed by atoms with E-state index in [1.807, 2.05) is 0 Å². The van der Waals surface area contributed by atoms with Crippen LogP contribution in [0.5, 0.6) is 0 Å². The molecule has 0 bridgehead atoms. The van der Waals surface area contributed by atoms with Crippen molar-refractivity contribution in [1.29, 1.82) is 0 Å². The fourth-order valence-corrected chi connectivity index (χ4v) is 3.71. The van der Waals surface area contributed by atoms with Crippen molar-refractivity contribution in [2.75, 3.05) is 0 Å². The summed E-state index contributed by atoms with van der Waals surface area (Å²) in [5.41, 5.74) is 5.91. The van der Waals surface area contributed by atoms with Crippen LogP contribution in [0.25, 0.3) is 0 Å². The maximum atomic E-state index is 2.36. The molecule has 0 nitrogen and oxygen atoms in total. The molecule has 108 valence electrons. The van der Waals surface area contributed by atoms with Crippen LogP contribution < -0.4 is 0 Å². The summed E-state index contributed by atoms with van der Waals surface area (Å²) < 4.78 is 0. The van der Waals surface area contributed by atoms with E-state index in [9.17, 15) is 0 Å². The lowest BCUT2D eigenvalue weighted by molar-refractivity contribution is 0.492. The molecule has 0 unspecified atom stereocenters. The van der Waals surface area contributed by atoms with Crippen molar-refractivity contribution in [3.8, 4) is 0 Å². The van der Waals surface area contributed by atoms with Gasteiger partial charge in [0.25, 0.3) is 0 Å². The Morgan fingerprint density at radius 3 is 1.95 bits per heavy atom. The summed E-state index contributed by atoms with van der Waals surface area (Å²) in [6, 6.07) is 20.1. The SMILES string of the molecule is C/C=C1\[C@H](c2ccccc2)CCC[C@H]1c1ccc(C)cc1. The van der Waals surface area contributed by atoms with Gasteiger partial charge in [0.05, 0.1) is 0 Å². The average molecular weight is 276 g/mol. The van der Waals surface area contributed by atoms with Crippen LogP contribution in [0.3, 0.4) is 0 Å². The molecule has 2 aromatic carbocycles. The standard InChI is InChI=1S/C21H24/c1-3-19-20(17-8-5-4-6-9-17)10-7-11-21(19)18-14-12-16(2)13-15-18/h3-6,8-9,12-15,20-21H,7,10-11H2,1-2H3/b19-3+/t20-,21-/m0/s1. The Hall–Kier alpha value is -1.82. The first-order valence-corrected chi connectivity index (χ1v) is 8.07. The number of hydrogen-bond acceptors (Lipinski definition) is 0. The van der Waals surface area contributed by atoms with Crippen LogP contribution in [-0.2, 0) is 0 Å². The number of hydrogen-bond donors (Lipinski definition) is 0. The molecule has 0 aromatic heterocycles. The topological polar surface area (TPSA) is 0 Å². The summed E-state index contributed by atoms with van der Waals surface area (Å²) in [5.74, 6) is 1.19. The zero-order valence-corrected chi connectivity index (χ0v) is 13.0. The van der Waals surface area contributed by atoms with Crippen molar-refractivity contribution >= 4 is 0 Å². The van der Waals surface area contributed by atoms with Crippen LogP contribution >= 0.6 is 0 Å². The molecule has 0 amide bonds. The van der Waals surface area contributed by atoms with Crippen LogP contribution in [0.15, 0.2) is 66.2 Å². The Morgan fingerprint density at radius 1 is 0.810 bits per heavy atom. The van der Waals surface area contributed by atoms with E-state index in [2.05, 4.69) is 74.5 Å². The lowest BCUT2D eigenvalue weighted by atomic mass is 9.71. The van der Waals surface area contributed by atoms with Gasteiger partial charge >= 0.3 is 0 Å². The summed E-state index contributed by atoms with van der Waals surface area (Å²) in [5, 5.41) is 0. The minimum atomic E-state index is 0.592. The molecule has 3 rings (SSSR count). The fourth-order valence-electron chi connectivity index (χ4n) is 3.71. The van der Waals surface area contributed by atoms with Gasteiger partial charge in [-0.2, -0.15) is 0 Å². The van der Waals surface area contributed by atoms with Gasteiger partial charge in [-0.05, 0) is 37.8 Å². The quantitative estimate of drug-likeness (QED) is 0.591. The third kappa shape index (κ3) is 2.95. The summed E-state index contributed by atoms with van der Waals surface area (Å²) in [4.78, 5) is 0. The number of allylic oxidation sites excluding steroid dienone is 2. The summed E-state index contributed by atoms with van der Waals surface area (Å²) in [7, 11) is 0. The molecule has 2 atom stereocenters. The van der Waals surface area contributed by atoms with Gasteiger partial charge < -0.3 is 0 Å². The monoisotopic (exact) mass is 276 g/mol. The molecule has 1 saturated carbocycles. The molecule has 21 heavy (non-hydrogen) atoms. The second-order valence-electron chi connectivity index (χ2n) is 6.15. The van der Waals surface area contributed by atoms with Gasteiger partial charge in [0.15, 0.2) is 0 Å². The van der Waals surface area contributed by atoms with Crippen LogP contribution in [0.2, 0.25) is 0 Å². The molecule has 1 aliphatic rings. The minimum absolute atomic E-state index is 0.592. The third-order valence-electron chi connectivity index (χ3n) is 4.81. The Bertz CT molecular complexity index is 604. The van der Waals surface area contributed by atoms with Gasteiger partial charge in [0.1, 0.15) is 0 Å². The van der Waals surface area contributed by atoms with Crippen LogP contribution in [-0.4, -0.2) is 0 Å². The smallest absolute Gasteiger partial charge is 0.00541 e. The average Bonchev–Trinajstić information content (AvgIpc) is 2.55. The van der Waals surface area contributed by atoms with E-state index >= 15 is 0 Å². The molecule has 0 aliphatic heterocycles. The summed E-state index contributed by atoms with van der Waals surface area (Å²) in [6.45, 7) is 4.37. The normalized spacial score (nSPS) is 24.2. The molecular weight excluding hydrogens is 252 g/mol. The number of benzene rings is 2. The molecule has 0 N–H and O–H groups in total. The Morgan fingerprint density at radius 2 is 1.38 bits per heavy atom. The Balaban J connectivity index is 1.94. The predicted octanol–water partition coefficient (Wildman–Crippen LogP) is 5.99. The lowest BCUT2D eigenvalue weighted by Gasteiger charge is -2.33. The van der Waals surface area contributed by atoms with E-state index in [4.69, 9.17) is 0 Å². The van der Waals surface area contributed by atoms with E-state index in [0.717, 1.165) is 0 Å². The van der Waals surface area contributed by atoms with Gasteiger partial charge in [-0.3, -0.25) is 0 Å². The highest BCUT2D eigenvalue weighted by atomic mass is 14.3. The Labute approximate surface area is 128 Å². The van der Waals surface area contributed by atoms with E-state index in [1.54, 1.807) is 5.57 Å². The summed E-state index contributed by atoms with van der Waals surface area (Å²) >= 11 is 0. The van der Waals surface area contributed by atoms with E-state index in [1.165, 1.54) is 36.0 Å². The zero-order valence-electron chi connectivity index (χ0n) is 13.0. The molecule has 0 radical (unpaired) electrons. The van der Waals surface area contributed by atoms with Crippen LogP contribution in [0.4, 0.5) is 0 Å². The second-order valence-corrected chi connectivity index (χ2v) is 6.15. The first-order chi connectivity index (χ1) is 10.3. The van der Waals surface area contributed by atoms with E-state index in [0.29, 0.717) is 11.8 Å². The van der Waals surface area contributed by atoms with Crippen molar-refractivity contribution in [1.82, 2.24) is 0 Å². The van der Waals surface area contributed by atoms with Gasteiger partial charge in [-0.1, -0.05) is 78.2 Å². The van der Waals surface area contributed by atoms with Crippen molar-refractivity contribution in [3.63, 3.8) is 0 Å². The van der Waals surface area contributed by atoms with Crippen molar-refractivity contribution in [3.05, 3.63) is 82.9 Å². The van der Waals surface area contributed by atoms with E-state index < -0.39 is 0 Å². The van der Waals surface area contributed by atoms with Gasteiger partial charge in [0, 0.05) is 11.8 Å². The Kier molecular flexibility index (Phi) is 4.24. The third-order valence-corrected chi connectivity index (χ3v) is 4.81. The largest absolute Gasteiger partial charge is 0.0872 e. The van der Waals surface area contributed by atoms with Crippen LogP contribution in [0, 0.1) is 6.92 Å². The first-order valence-electron chi connectivity index (χ1n) is 8.07. The molecular formula is C21H24. The molecule has 2 aromatic rings. The molecule has 0 heteroatoms. The van der Waals surface area contributed by atoms with E-state index in [-0.39, 0.29) is 0 Å². The van der Waals surface area contributed by atoms with Crippen molar-refractivity contribution in [2.24, 2.45) is 0 Å². The zero-order chi connectivity index (χ0) is 14.7. The fraction of sp³-hybridized carbons (Fsp3) is 0.333. The molecule has 0 saturated heterocycles. The molecule has 1 fully saturated rings. The lowest BCUT2D eigenvalue weighted by Crippen LogP contribution is -2.16. The highest BCUT2D eigenvalue weighted by molar-refractivity contribution is 5.39. The number of aryl methyl sites for hydroxylation is 1.